The summed E-state index contributed by atoms with van der Waals surface area (Å²) in [6.07, 6.45) is 0. The molecule has 0 bridgehead atoms. The molecule has 4 N–H and O–H groups in total. The second-order valence-corrected chi connectivity index (χ2v) is 3.62. The van der Waals surface area contributed by atoms with Crippen LogP contribution >= 0.6 is 0 Å². The highest BCUT2D eigenvalue weighted by Gasteiger charge is 2.20. The second kappa shape index (κ2) is 5.55. The molecule has 2 amide bonds. The number of rotatable bonds is 3. The minimum atomic E-state index is -0.0000231. The Balaban J connectivity index is 2.29. The summed E-state index contributed by atoms with van der Waals surface area (Å²) in [5, 5.41) is 9.95. The maximum atomic E-state index is 11.5. The molecule has 0 atom stereocenters. The molecule has 6 heteroatoms. The molecule has 0 radical (unpaired) electrons. The lowest BCUT2D eigenvalue weighted by Crippen LogP contribution is -2.53. The number of carbonyl (C=O) groups is 1. The predicted octanol–water partition coefficient (Wildman–Crippen LogP) is -0.731. The first-order chi connectivity index (χ1) is 7.13. The zero-order valence-corrected chi connectivity index (χ0v) is 9.12. The van der Waals surface area contributed by atoms with E-state index in [1.165, 1.54) is 0 Å². The van der Waals surface area contributed by atoms with Gasteiger partial charge in [-0.15, -0.1) is 0 Å². The Kier molecular flexibility index (Phi) is 4.36. The molecule has 86 valence electrons. The fourth-order valence-electron chi connectivity index (χ4n) is 1.61. The van der Waals surface area contributed by atoms with Crippen molar-refractivity contribution >= 4 is 11.9 Å². The van der Waals surface area contributed by atoms with E-state index in [0.717, 1.165) is 13.1 Å². The van der Waals surface area contributed by atoms with Crippen LogP contribution < -0.4 is 11.1 Å². The molecule has 0 spiro atoms. The van der Waals surface area contributed by atoms with Crippen molar-refractivity contribution in [3.05, 3.63) is 0 Å². The van der Waals surface area contributed by atoms with Gasteiger partial charge in [0.25, 0.3) is 0 Å². The van der Waals surface area contributed by atoms with E-state index in [1.54, 1.807) is 4.90 Å². The van der Waals surface area contributed by atoms with Gasteiger partial charge in [0.2, 0.25) is 0 Å². The van der Waals surface area contributed by atoms with Crippen molar-refractivity contribution in [2.75, 3.05) is 39.3 Å². The Labute approximate surface area is 89.9 Å². The van der Waals surface area contributed by atoms with Crippen molar-refractivity contribution in [3.63, 3.8) is 0 Å². The third-order valence-corrected chi connectivity index (χ3v) is 2.38. The molecule has 1 aliphatic heterocycles. The summed E-state index contributed by atoms with van der Waals surface area (Å²) in [6, 6.07) is -0.0000231. The summed E-state index contributed by atoms with van der Waals surface area (Å²) in [5.41, 5.74) is 5.31. The lowest BCUT2D eigenvalue weighted by molar-refractivity contribution is 0.149. The Hall–Kier alpha value is -1.30. The third-order valence-electron chi connectivity index (χ3n) is 2.38. The molecule has 1 fully saturated rings. The summed E-state index contributed by atoms with van der Waals surface area (Å²) in [7, 11) is 0. The molecular formula is C9H19N5O. The van der Waals surface area contributed by atoms with E-state index in [-0.39, 0.29) is 11.9 Å². The molecule has 0 aromatic rings. The second-order valence-electron chi connectivity index (χ2n) is 3.62. The average Bonchev–Trinajstić information content (AvgIpc) is 2.18. The number of amides is 2. The van der Waals surface area contributed by atoms with E-state index in [0.29, 0.717) is 26.2 Å². The van der Waals surface area contributed by atoms with Crippen molar-refractivity contribution in [3.8, 4) is 0 Å². The minimum absolute atomic E-state index is 0.0000231. The monoisotopic (exact) mass is 213 g/mol. The molecule has 1 heterocycles. The largest absolute Gasteiger partial charge is 0.387 e. The molecule has 6 nitrogen and oxygen atoms in total. The van der Waals surface area contributed by atoms with E-state index in [4.69, 9.17) is 11.1 Å². The van der Waals surface area contributed by atoms with E-state index in [9.17, 15) is 4.79 Å². The van der Waals surface area contributed by atoms with Gasteiger partial charge in [0.1, 0.15) is 5.84 Å². The third kappa shape index (κ3) is 3.75. The van der Waals surface area contributed by atoms with E-state index in [2.05, 4.69) is 10.2 Å². The first-order valence-electron chi connectivity index (χ1n) is 5.21. The lowest BCUT2D eigenvalue weighted by atomic mass is 10.3. The van der Waals surface area contributed by atoms with Gasteiger partial charge in [-0.2, -0.15) is 0 Å². The highest BCUT2D eigenvalue weighted by Crippen LogP contribution is 2.01. The number of carbonyl (C=O) groups excluding carboxylic acids is 1. The molecule has 0 aromatic heterocycles. The maximum Gasteiger partial charge on any atom is 0.317 e. The normalized spacial score (nSPS) is 17.5. The summed E-state index contributed by atoms with van der Waals surface area (Å²) >= 11 is 0. The van der Waals surface area contributed by atoms with Crippen LogP contribution in [0.2, 0.25) is 0 Å². The number of nitrogens with two attached hydrogens (primary N) is 1. The number of piperazine rings is 1. The van der Waals surface area contributed by atoms with Crippen LogP contribution in [0.4, 0.5) is 4.79 Å². The fraction of sp³-hybridized carbons (Fsp3) is 0.778. The molecule has 0 unspecified atom stereocenters. The zero-order chi connectivity index (χ0) is 11.3. The fourth-order valence-corrected chi connectivity index (χ4v) is 1.61. The van der Waals surface area contributed by atoms with Crippen molar-refractivity contribution in [2.24, 2.45) is 5.73 Å². The van der Waals surface area contributed by atoms with E-state index >= 15 is 0 Å². The van der Waals surface area contributed by atoms with Gasteiger partial charge >= 0.3 is 6.03 Å². The number of hydrogen-bond donors (Lipinski definition) is 3. The molecule has 15 heavy (non-hydrogen) atoms. The number of nitrogens with zero attached hydrogens (tertiary/aromatic N) is 2. The summed E-state index contributed by atoms with van der Waals surface area (Å²) in [4.78, 5) is 15.3. The van der Waals surface area contributed by atoms with Gasteiger partial charge in [-0.25, -0.2) is 4.79 Å². The van der Waals surface area contributed by atoms with Gasteiger partial charge in [-0.1, -0.05) is 0 Å². The van der Waals surface area contributed by atoms with Crippen LogP contribution in [-0.2, 0) is 0 Å². The first-order valence-corrected chi connectivity index (χ1v) is 5.21. The van der Waals surface area contributed by atoms with Crippen LogP contribution in [0.1, 0.15) is 6.92 Å². The highest BCUT2D eigenvalue weighted by molar-refractivity contribution is 5.79. The summed E-state index contributed by atoms with van der Waals surface area (Å²) in [5.74, 6) is 0.182. The summed E-state index contributed by atoms with van der Waals surface area (Å²) < 4.78 is 0. The Morgan fingerprint density at radius 2 is 2.00 bits per heavy atom. The number of hydrogen-bond acceptors (Lipinski definition) is 3. The first kappa shape index (κ1) is 11.8. The Morgan fingerprint density at radius 1 is 1.40 bits per heavy atom. The van der Waals surface area contributed by atoms with Gasteiger partial charge in [-0.3, -0.25) is 10.3 Å². The number of urea groups is 1. The molecule has 0 aromatic carbocycles. The van der Waals surface area contributed by atoms with Gasteiger partial charge in [-0.05, 0) is 6.92 Å². The van der Waals surface area contributed by atoms with Crippen molar-refractivity contribution in [1.29, 1.82) is 5.41 Å². The van der Waals surface area contributed by atoms with Gasteiger partial charge < -0.3 is 16.0 Å². The summed E-state index contributed by atoms with van der Waals surface area (Å²) in [6.45, 7) is 6.06. The number of amidine groups is 1. The Bertz CT molecular complexity index is 235. The van der Waals surface area contributed by atoms with E-state index < -0.39 is 0 Å². The van der Waals surface area contributed by atoms with Gasteiger partial charge in [0, 0.05) is 32.7 Å². The topological polar surface area (TPSA) is 85.5 Å². The van der Waals surface area contributed by atoms with Crippen LogP contribution in [0.25, 0.3) is 0 Å². The lowest BCUT2D eigenvalue weighted by Gasteiger charge is -2.34. The van der Waals surface area contributed by atoms with Gasteiger partial charge in [0.15, 0.2) is 0 Å². The van der Waals surface area contributed by atoms with Gasteiger partial charge in [0.05, 0.1) is 6.54 Å². The highest BCUT2D eigenvalue weighted by atomic mass is 16.2. The molecule has 0 saturated carbocycles. The minimum Gasteiger partial charge on any atom is -0.387 e. The van der Waals surface area contributed by atoms with Crippen molar-refractivity contribution in [2.45, 2.75) is 6.92 Å². The molecular weight excluding hydrogens is 194 g/mol. The molecule has 1 rings (SSSR count). The maximum absolute atomic E-state index is 11.5. The van der Waals surface area contributed by atoms with Crippen molar-refractivity contribution < 1.29 is 4.79 Å². The zero-order valence-electron chi connectivity index (χ0n) is 9.12. The van der Waals surface area contributed by atoms with Crippen molar-refractivity contribution in [1.82, 2.24) is 15.1 Å². The van der Waals surface area contributed by atoms with Crippen LogP contribution in [0.3, 0.4) is 0 Å². The van der Waals surface area contributed by atoms with Crippen LogP contribution in [-0.4, -0.2) is 60.9 Å². The Morgan fingerprint density at radius 3 is 2.47 bits per heavy atom. The quantitative estimate of drug-likeness (QED) is 0.427. The van der Waals surface area contributed by atoms with E-state index in [1.807, 2.05) is 6.92 Å². The number of nitrogens with one attached hydrogen (secondary N) is 2. The smallest absolute Gasteiger partial charge is 0.317 e. The SMILES string of the molecule is CCNC(=O)N1CCN(CC(=N)N)CC1. The molecule has 1 aliphatic rings. The molecule has 0 aliphatic carbocycles. The van der Waals surface area contributed by atoms with Crippen LogP contribution in [0.15, 0.2) is 0 Å². The average molecular weight is 213 g/mol. The van der Waals surface area contributed by atoms with Crippen LogP contribution in [0.5, 0.6) is 0 Å². The predicted molar refractivity (Wildman–Crippen MR) is 59.0 cm³/mol. The molecule has 1 saturated heterocycles. The van der Waals surface area contributed by atoms with Crippen LogP contribution in [0, 0.1) is 5.41 Å². The standard InChI is InChI=1S/C9H19N5O/c1-2-12-9(15)14-5-3-13(4-6-14)7-8(10)11/h2-7H2,1H3,(H3,10,11)(H,12,15).